The number of benzene rings is 1. The minimum Gasteiger partial charge on any atom is -0.478 e. The number of nitrogens with one attached hydrogen (secondary N) is 1. The van der Waals surface area contributed by atoms with Crippen LogP contribution in [-0.4, -0.2) is 11.1 Å². The first kappa shape index (κ1) is 12.4. The molecule has 1 heterocycles. The van der Waals surface area contributed by atoms with E-state index in [1.807, 2.05) is 18.4 Å². The minimum absolute atomic E-state index is 0.198. The lowest BCUT2D eigenvalue weighted by Crippen LogP contribution is -2.07. The number of hydrogen-bond donors (Lipinski definition) is 3. The van der Waals surface area contributed by atoms with Gasteiger partial charge in [-0.25, -0.2) is 4.79 Å². The third-order valence-corrected chi connectivity index (χ3v) is 3.70. The van der Waals surface area contributed by atoms with Crippen LogP contribution in [0.4, 0.5) is 11.4 Å². The van der Waals surface area contributed by atoms with E-state index in [0.29, 0.717) is 17.9 Å². The van der Waals surface area contributed by atoms with Crippen LogP contribution in [0.2, 0.25) is 0 Å². The van der Waals surface area contributed by atoms with E-state index in [9.17, 15) is 4.79 Å². The van der Waals surface area contributed by atoms with Crippen LogP contribution >= 0.6 is 11.3 Å². The molecule has 2 rings (SSSR count). The van der Waals surface area contributed by atoms with E-state index in [2.05, 4.69) is 5.32 Å². The molecule has 0 amide bonds. The number of carboxylic acid groups (broad SMARTS) is 1. The van der Waals surface area contributed by atoms with Crippen molar-refractivity contribution >= 4 is 28.7 Å². The molecule has 0 atom stereocenters. The second kappa shape index (κ2) is 5.10. The van der Waals surface area contributed by atoms with E-state index in [4.69, 9.17) is 10.8 Å². The van der Waals surface area contributed by atoms with Crippen LogP contribution in [0.1, 0.15) is 20.8 Å². The van der Waals surface area contributed by atoms with Gasteiger partial charge in [0.05, 0.1) is 5.56 Å². The molecular weight excluding hydrogens is 248 g/mol. The fourth-order valence-electron chi connectivity index (χ4n) is 1.65. The number of aryl methyl sites for hydroxylation is 1. The normalized spacial score (nSPS) is 10.3. The summed E-state index contributed by atoms with van der Waals surface area (Å²) in [4.78, 5) is 12.3. The van der Waals surface area contributed by atoms with Gasteiger partial charge in [-0.3, -0.25) is 0 Å². The van der Waals surface area contributed by atoms with Crippen LogP contribution in [0.5, 0.6) is 0 Å². The molecule has 0 radical (unpaired) electrons. The molecule has 5 heteroatoms. The molecular formula is C13H14N2O2S. The number of thiophene rings is 1. The highest BCUT2D eigenvalue weighted by molar-refractivity contribution is 7.10. The highest BCUT2D eigenvalue weighted by atomic mass is 32.1. The number of aromatic carboxylic acids is 1. The standard InChI is InChI=1S/C13H14N2O2S/c1-8-4-5-18-12(8)7-15-11-3-2-9(14)6-10(11)13(16)17/h2-6,15H,7,14H2,1H3,(H,16,17). The summed E-state index contributed by atoms with van der Waals surface area (Å²) in [6.07, 6.45) is 0. The summed E-state index contributed by atoms with van der Waals surface area (Å²) in [5.41, 5.74) is 8.03. The van der Waals surface area contributed by atoms with Crippen molar-refractivity contribution in [1.29, 1.82) is 0 Å². The van der Waals surface area contributed by atoms with Gasteiger partial charge >= 0.3 is 5.97 Å². The summed E-state index contributed by atoms with van der Waals surface area (Å²) in [6.45, 7) is 2.66. The van der Waals surface area contributed by atoms with Crippen molar-refractivity contribution in [1.82, 2.24) is 0 Å². The van der Waals surface area contributed by atoms with Crippen molar-refractivity contribution in [3.8, 4) is 0 Å². The Bertz CT molecular complexity index is 578. The molecule has 4 N–H and O–H groups in total. The van der Waals surface area contributed by atoms with Crippen molar-refractivity contribution in [2.24, 2.45) is 0 Å². The Morgan fingerprint density at radius 3 is 2.83 bits per heavy atom. The van der Waals surface area contributed by atoms with Crippen molar-refractivity contribution in [2.45, 2.75) is 13.5 Å². The first-order chi connectivity index (χ1) is 8.58. The summed E-state index contributed by atoms with van der Waals surface area (Å²) in [6, 6.07) is 6.90. The van der Waals surface area contributed by atoms with E-state index < -0.39 is 5.97 Å². The van der Waals surface area contributed by atoms with Crippen molar-refractivity contribution in [3.05, 3.63) is 45.6 Å². The van der Waals surface area contributed by atoms with Crippen LogP contribution in [0.3, 0.4) is 0 Å². The second-order valence-corrected chi connectivity index (χ2v) is 4.99. The first-order valence-electron chi connectivity index (χ1n) is 5.47. The predicted octanol–water partition coefficient (Wildman–Crippen LogP) is 2.95. The topological polar surface area (TPSA) is 75.3 Å². The van der Waals surface area contributed by atoms with Crippen LogP contribution in [0.15, 0.2) is 29.6 Å². The lowest BCUT2D eigenvalue weighted by atomic mass is 10.1. The molecule has 0 saturated carbocycles. The first-order valence-corrected chi connectivity index (χ1v) is 6.35. The average molecular weight is 262 g/mol. The maximum Gasteiger partial charge on any atom is 0.337 e. The number of carbonyl (C=O) groups is 1. The lowest BCUT2D eigenvalue weighted by Gasteiger charge is -2.10. The van der Waals surface area contributed by atoms with Gasteiger partial charge in [0.15, 0.2) is 0 Å². The Kier molecular flexibility index (Phi) is 3.53. The highest BCUT2D eigenvalue weighted by Crippen LogP contribution is 2.22. The number of carboxylic acids is 1. The fraction of sp³-hybridized carbons (Fsp3) is 0.154. The molecule has 1 aromatic heterocycles. The molecule has 4 nitrogen and oxygen atoms in total. The molecule has 0 saturated heterocycles. The Labute approximate surface area is 109 Å². The summed E-state index contributed by atoms with van der Waals surface area (Å²) in [7, 11) is 0. The monoisotopic (exact) mass is 262 g/mol. The van der Waals surface area contributed by atoms with Crippen molar-refractivity contribution in [2.75, 3.05) is 11.1 Å². The number of rotatable bonds is 4. The van der Waals surface area contributed by atoms with Gasteiger partial charge in [-0.1, -0.05) is 0 Å². The van der Waals surface area contributed by atoms with E-state index >= 15 is 0 Å². The van der Waals surface area contributed by atoms with Crippen molar-refractivity contribution < 1.29 is 9.90 Å². The summed E-state index contributed by atoms with van der Waals surface area (Å²) >= 11 is 1.65. The quantitative estimate of drug-likeness (QED) is 0.740. The fourth-order valence-corrected chi connectivity index (χ4v) is 2.50. The molecule has 0 aliphatic carbocycles. The van der Waals surface area contributed by atoms with Crippen LogP contribution in [-0.2, 0) is 6.54 Å². The van der Waals surface area contributed by atoms with Gasteiger partial charge in [0.2, 0.25) is 0 Å². The highest BCUT2D eigenvalue weighted by Gasteiger charge is 2.10. The van der Waals surface area contributed by atoms with Gasteiger partial charge in [0.25, 0.3) is 0 Å². The Morgan fingerprint density at radius 2 is 2.22 bits per heavy atom. The zero-order chi connectivity index (χ0) is 13.1. The van der Waals surface area contributed by atoms with Crippen LogP contribution in [0.25, 0.3) is 0 Å². The second-order valence-electron chi connectivity index (χ2n) is 3.99. The molecule has 0 fully saturated rings. The van der Waals surface area contributed by atoms with Gasteiger partial charge in [0.1, 0.15) is 0 Å². The Morgan fingerprint density at radius 1 is 1.44 bits per heavy atom. The van der Waals surface area contributed by atoms with Crippen LogP contribution in [0, 0.1) is 6.92 Å². The van der Waals surface area contributed by atoms with Crippen LogP contribution < -0.4 is 11.1 Å². The van der Waals surface area contributed by atoms with Gasteiger partial charge in [-0.05, 0) is 42.1 Å². The Balaban J connectivity index is 2.19. The smallest absolute Gasteiger partial charge is 0.337 e. The number of hydrogen-bond acceptors (Lipinski definition) is 4. The predicted molar refractivity (Wildman–Crippen MR) is 74.2 cm³/mol. The zero-order valence-corrected chi connectivity index (χ0v) is 10.8. The molecule has 18 heavy (non-hydrogen) atoms. The summed E-state index contributed by atoms with van der Waals surface area (Å²) in [5, 5.41) is 14.3. The van der Waals surface area contributed by atoms with E-state index in [1.165, 1.54) is 16.5 Å². The summed E-state index contributed by atoms with van der Waals surface area (Å²) in [5.74, 6) is -0.979. The van der Waals surface area contributed by atoms with Crippen molar-refractivity contribution in [3.63, 3.8) is 0 Å². The van der Waals surface area contributed by atoms with E-state index in [-0.39, 0.29) is 5.56 Å². The number of anilines is 2. The Hall–Kier alpha value is -2.01. The van der Waals surface area contributed by atoms with Gasteiger partial charge in [-0.2, -0.15) is 0 Å². The van der Waals surface area contributed by atoms with E-state index in [0.717, 1.165) is 0 Å². The average Bonchev–Trinajstić information content (AvgIpc) is 2.73. The molecule has 1 aromatic carbocycles. The molecule has 0 bridgehead atoms. The molecule has 0 aliphatic rings. The zero-order valence-electron chi connectivity index (χ0n) is 9.93. The SMILES string of the molecule is Cc1ccsc1CNc1ccc(N)cc1C(=O)O. The molecule has 0 spiro atoms. The third-order valence-electron chi connectivity index (χ3n) is 2.68. The van der Waals surface area contributed by atoms with Gasteiger partial charge in [0, 0.05) is 22.8 Å². The molecule has 0 aliphatic heterocycles. The largest absolute Gasteiger partial charge is 0.478 e. The maximum absolute atomic E-state index is 11.1. The molecule has 2 aromatic rings. The maximum atomic E-state index is 11.1. The summed E-state index contributed by atoms with van der Waals surface area (Å²) < 4.78 is 0. The van der Waals surface area contributed by atoms with Gasteiger partial charge in [-0.15, -0.1) is 11.3 Å². The van der Waals surface area contributed by atoms with E-state index in [1.54, 1.807) is 23.5 Å². The molecule has 94 valence electrons. The lowest BCUT2D eigenvalue weighted by molar-refractivity contribution is 0.0698. The number of nitrogens with two attached hydrogens (primary N) is 1. The number of nitrogen functional groups attached to an aromatic ring is 1. The van der Waals surface area contributed by atoms with Gasteiger partial charge < -0.3 is 16.2 Å². The minimum atomic E-state index is -0.979. The molecule has 0 unspecified atom stereocenters. The third kappa shape index (κ3) is 2.62.